The minimum absolute atomic E-state index is 0.0811. The first kappa shape index (κ1) is 17.3. The summed E-state index contributed by atoms with van der Waals surface area (Å²) in [5.41, 5.74) is 2.57. The van der Waals surface area contributed by atoms with Gasteiger partial charge in [-0.05, 0) is 42.7 Å². The molecule has 27 heavy (non-hydrogen) atoms. The Labute approximate surface area is 158 Å². The number of hydrogen-bond donors (Lipinski definition) is 1. The van der Waals surface area contributed by atoms with E-state index in [1.54, 1.807) is 12.5 Å². The SMILES string of the molecule is O=C(Cc1coc(-c2ccccc2)n1)NCc1ccnc(N2CCCC2)c1. The van der Waals surface area contributed by atoms with Gasteiger partial charge in [-0.1, -0.05) is 18.2 Å². The highest BCUT2D eigenvalue weighted by Crippen LogP contribution is 2.19. The largest absolute Gasteiger partial charge is 0.444 e. The average Bonchev–Trinajstić information content (AvgIpc) is 3.40. The summed E-state index contributed by atoms with van der Waals surface area (Å²) < 4.78 is 5.48. The maximum Gasteiger partial charge on any atom is 0.226 e. The summed E-state index contributed by atoms with van der Waals surface area (Å²) in [5, 5.41) is 2.95. The Balaban J connectivity index is 1.32. The number of pyridine rings is 1. The molecule has 1 saturated heterocycles. The Hall–Kier alpha value is -3.15. The van der Waals surface area contributed by atoms with Crippen LogP contribution < -0.4 is 10.2 Å². The van der Waals surface area contributed by atoms with E-state index in [9.17, 15) is 4.79 Å². The van der Waals surface area contributed by atoms with Gasteiger partial charge in [-0.15, -0.1) is 0 Å². The molecule has 1 aliphatic rings. The van der Waals surface area contributed by atoms with Crippen molar-refractivity contribution >= 4 is 11.7 Å². The summed E-state index contributed by atoms with van der Waals surface area (Å²) >= 11 is 0. The fourth-order valence-corrected chi connectivity index (χ4v) is 3.22. The number of hydrogen-bond acceptors (Lipinski definition) is 5. The van der Waals surface area contributed by atoms with Crippen LogP contribution in [0.2, 0.25) is 0 Å². The van der Waals surface area contributed by atoms with Crippen LogP contribution in [0.25, 0.3) is 11.5 Å². The van der Waals surface area contributed by atoms with E-state index in [-0.39, 0.29) is 12.3 Å². The molecule has 0 radical (unpaired) electrons. The molecule has 2 aromatic heterocycles. The van der Waals surface area contributed by atoms with Crippen molar-refractivity contribution in [3.05, 3.63) is 66.2 Å². The number of carbonyl (C=O) groups is 1. The van der Waals surface area contributed by atoms with E-state index in [1.807, 2.05) is 36.4 Å². The van der Waals surface area contributed by atoms with Crippen molar-refractivity contribution in [2.75, 3.05) is 18.0 Å². The first-order chi connectivity index (χ1) is 13.3. The first-order valence-corrected chi connectivity index (χ1v) is 9.24. The van der Waals surface area contributed by atoms with Gasteiger partial charge in [-0.25, -0.2) is 9.97 Å². The Morgan fingerprint density at radius 2 is 1.96 bits per heavy atom. The second-order valence-electron chi connectivity index (χ2n) is 6.68. The van der Waals surface area contributed by atoms with Gasteiger partial charge < -0.3 is 14.6 Å². The standard InChI is InChI=1S/C21H22N4O2/c26-20(13-18-15-27-21(24-18)17-6-2-1-3-7-17)23-14-16-8-9-22-19(12-16)25-10-4-5-11-25/h1-3,6-9,12,15H,4-5,10-11,13-14H2,(H,23,26). The number of carbonyl (C=O) groups excluding carboxylic acids is 1. The lowest BCUT2D eigenvalue weighted by molar-refractivity contribution is -0.120. The Morgan fingerprint density at radius 1 is 1.15 bits per heavy atom. The quantitative estimate of drug-likeness (QED) is 0.729. The topological polar surface area (TPSA) is 71.3 Å². The number of benzene rings is 1. The monoisotopic (exact) mass is 362 g/mol. The summed E-state index contributed by atoms with van der Waals surface area (Å²) in [4.78, 5) is 23.4. The highest BCUT2D eigenvalue weighted by molar-refractivity contribution is 5.78. The van der Waals surface area contributed by atoms with Gasteiger partial charge in [0.05, 0.1) is 12.1 Å². The second kappa shape index (κ2) is 8.03. The highest BCUT2D eigenvalue weighted by atomic mass is 16.3. The van der Waals surface area contributed by atoms with E-state index in [4.69, 9.17) is 4.42 Å². The highest BCUT2D eigenvalue weighted by Gasteiger charge is 2.14. The van der Waals surface area contributed by atoms with Gasteiger partial charge in [0.2, 0.25) is 11.8 Å². The zero-order valence-corrected chi connectivity index (χ0v) is 15.1. The van der Waals surface area contributed by atoms with Gasteiger partial charge >= 0.3 is 0 Å². The summed E-state index contributed by atoms with van der Waals surface area (Å²) in [5.74, 6) is 1.44. The van der Waals surface area contributed by atoms with Crippen molar-refractivity contribution in [3.63, 3.8) is 0 Å². The maximum absolute atomic E-state index is 12.3. The maximum atomic E-state index is 12.3. The van der Waals surface area contributed by atoms with E-state index in [1.165, 1.54) is 12.8 Å². The third-order valence-corrected chi connectivity index (χ3v) is 4.64. The molecule has 1 aliphatic heterocycles. The molecule has 1 amide bonds. The van der Waals surface area contributed by atoms with Crippen LogP contribution in [0.3, 0.4) is 0 Å². The predicted molar refractivity (Wildman–Crippen MR) is 103 cm³/mol. The molecule has 0 unspecified atom stereocenters. The molecule has 3 aromatic rings. The van der Waals surface area contributed by atoms with Crippen LogP contribution >= 0.6 is 0 Å². The van der Waals surface area contributed by atoms with Gasteiger partial charge in [0.1, 0.15) is 12.1 Å². The summed E-state index contributed by atoms with van der Waals surface area (Å²) in [6.45, 7) is 2.59. The van der Waals surface area contributed by atoms with E-state index in [2.05, 4.69) is 26.3 Å². The van der Waals surface area contributed by atoms with E-state index in [0.717, 1.165) is 30.0 Å². The molecule has 0 atom stereocenters. The van der Waals surface area contributed by atoms with Gasteiger partial charge in [-0.3, -0.25) is 4.79 Å². The molecule has 0 saturated carbocycles. The zero-order valence-electron chi connectivity index (χ0n) is 15.1. The van der Waals surface area contributed by atoms with Crippen molar-refractivity contribution < 1.29 is 9.21 Å². The summed E-state index contributed by atoms with van der Waals surface area (Å²) in [6.07, 6.45) is 5.97. The summed E-state index contributed by atoms with van der Waals surface area (Å²) in [6, 6.07) is 13.6. The van der Waals surface area contributed by atoms with Crippen LogP contribution in [0, 0.1) is 0 Å². The Morgan fingerprint density at radius 3 is 2.78 bits per heavy atom. The Kier molecular flexibility index (Phi) is 5.14. The third kappa shape index (κ3) is 4.34. The number of nitrogens with zero attached hydrogens (tertiary/aromatic N) is 3. The Bertz CT molecular complexity index is 901. The van der Waals surface area contributed by atoms with Crippen molar-refractivity contribution in [1.29, 1.82) is 0 Å². The second-order valence-corrected chi connectivity index (χ2v) is 6.68. The fraction of sp³-hybridized carbons (Fsp3) is 0.286. The van der Waals surface area contributed by atoms with Crippen LogP contribution in [0.1, 0.15) is 24.1 Å². The molecule has 0 aliphatic carbocycles. The number of aromatic nitrogens is 2. The molecule has 0 bridgehead atoms. The lowest BCUT2D eigenvalue weighted by Crippen LogP contribution is -2.25. The fourth-order valence-electron chi connectivity index (χ4n) is 3.22. The number of nitrogens with one attached hydrogen (secondary N) is 1. The molecule has 138 valence electrons. The molecule has 6 nitrogen and oxygen atoms in total. The molecule has 6 heteroatoms. The lowest BCUT2D eigenvalue weighted by Gasteiger charge is -2.16. The van der Waals surface area contributed by atoms with Crippen LogP contribution in [0.5, 0.6) is 0 Å². The van der Waals surface area contributed by atoms with Crippen molar-refractivity contribution in [1.82, 2.24) is 15.3 Å². The average molecular weight is 362 g/mol. The number of oxazole rings is 1. The van der Waals surface area contributed by atoms with Crippen molar-refractivity contribution in [3.8, 4) is 11.5 Å². The van der Waals surface area contributed by atoms with Gasteiger partial charge in [-0.2, -0.15) is 0 Å². The molecule has 1 fully saturated rings. The number of anilines is 1. The summed E-state index contributed by atoms with van der Waals surface area (Å²) in [7, 11) is 0. The van der Waals surface area contributed by atoms with Crippen LogP contribution in [-0.4, -0.2) is 29.0 Å². The minimum Gasteiger partial charge on any atom is -0.444 e. The predicted octanol–water partition coefficient (Wildman–Crippen LogP) is 3.20. The molecule has 3 heterocycles. The zero-order chi connectivity index (χ0) is 18.5. The number of amides is 1. The van der Waals surface area contributed by atoms with Gasteiger partial charge in [0, 0.05) is 31.4 Å². The molecular formula is C21H22N4O2. The lowest BCUT2D eigenvalue weighted by atomic mass is 10.2. The molecule has 1 N–H and O–H groups in total. The third-order valence-electron chi connectivity index (χ3n) is 4.64. The molecule has 0 spiro atoms. The van der Waals surface area contributed by atoms with E-state index >= 15 is 0 Å². The van der Waals surface area contributed by atoms with Crippen molar-refractivity contribution in [2.45, 2.75) is 25.8 Å². The number of rotatable bonds is 6. The van der Waals surface area contributed by atoms with Crippen molar-refractivity contribution in [2.24, 2.45) is 0 Å². The van der Waals surface area contributed by atoms with Crippen LogP contribution in [-0.2, 0) is 17.8 Å². The van der Waals surface area contributed by atoms with Gasteiger partial charge in [0.15, 0.2) is 0 Å². The van der Waals surface area contributed by atoms with Crippen LogP contribution in [0.4, 0.5) is 5.82 Å². The van der Waals surface area contributed by atoms with Crippen LogP contribution in [0.15, 0.2) is 59.3 Å². The molecule has 4 rings (SSSR count). The van der Waals surface area contributed by atoms with E-state index in [0.29, 0.717) is 18.1 Å². The van der Waals surface area contributed by atoms with Gasteiger partial charge in [0.25, 0.3) is 0 Å². The van der Waals surface area contributed by atoms with E-state index < -0.39 is 0 Å². The minimum atomic E-state index is -0.0811. The first-order valence-electron chi connectivity index (χ1n) is 9.24. The molecule has 1 aromatic carbocycles. The normalized spacial score (nSPS) is 13.7. The molecular weight excluding hydrogens is 340 g/mol. The smallest absolute Gasteiger partial charge is 0.226 e.